The van der Waals surface area contributed by atoms with Gasteiger partial charge in [-0.1, -0.05) is 13.0 Å². The van der Waals surface area contributed by atoms with Crippen molar-refractivity contribution in [2.45, 2.75) is 19.5 Å². The number of aromatic nitrogens is 3. The van der Waals surface area contributed by atoms with Crippen molar-refractivity contribution >= 4 is 0 Å². The quantitative estimate of drug-likeness (QED) is 0.809. The molecule has 0 atom stereocenters. The minimum absolute atomic E-state index is 0.231. The van der Waals surface area contributed by atoms with Crippen LogP contribution in [0.5, 0.6) is 0 Å². The molecule has 2 aromatic heterocycles. The van der Waals surface area contributed by atoms with Gasteiger partial charge in [0.2, 0.25) is 0 Å². The monoisotopic (exact) mass is 241 g/mol. The second-order valence-electron chi connectivity index (χ2n) is 3.45. The molecule has 0 aliphatic rings. The van der Waals surface area contributed by atoms with Gasteiger partial charge in [0.05, 0.1) is 0 Å². The zero-order valence-corrected chi connectivity index (χ0v) is 9.07. The van der Waals surface area contributed by atoms with Gasteiger partial charge in [-0.05, 0) is 12.1 Å². The van der Waals surface area contributed by atoms with E-state index in [1.807, 2.05) is 6.92 Å². The summed E-state index contributed by atoms with van der Waals surface area (Å²) in [6, 6.07) is 3.81. The van der Waals surface area contributed by atoms with Gasteiger partial charge in [-0.2, -0.15) is 13.2 Å². The van der Waals surface area contributed by atoms with Crippen LogP contribution in [0.3, 0.4) is 0 Å². The van der Waals surface area contributed by atoms with Crippen molar-refractivity contribution in [2.24, 2.45) is 0 Å². The third-order valence-corrected chi connectivity index (χ3v) is 2.31. The first-order valence-electron chi connectivity index (χ1n) is 5.09. The van der Waals surface area contributed by atoms with Crippen molar-refractivity contribution in [3.63, 3.8) is 0 Å². The Labute approximate surface area is 95.9 Å². The number of imidazole rings is 1. The Balaban J connectivity index is 2.47. The molecule has 0 unspecified atom stereocenters. The molecule has 90 valence electrons. The first kappa shape index (κ1) is 11.6. The summed E-state index contributed by atoms with van der Waals surface area (Å²) in [6.45, 7) is 1.88. The topological polar surface area (TPSA) is 30.7 Å². The van der Waals surface area contributed by atoms with Crippen LogP contribution >= 0.6 is 0 Å². The summed E-state index contributed by atoms with van der Waals surface area (Å²) in [4.78, 5) is 7.64. The van der Waals surface area contributed by atoms with Crippen LogP contribution in [0.25, 0.3) is 5.82 Å². The molecule has 0 aliphatic heterocycles. The average Bonchev–Trinajstić information content (AvgIpc) is 2.76. The number of hydrogen-bond donors (Lipinski definition) is 0. The Bertz CT molecular complexity index is 517. The Morgan fingerprint density at radius 1 is 1.29 bits per heavy atom. The summed E-state index contributed by atoms with van der Waals surface area (Å²) in [5.41, 5.74) is -0.897. The Morgan fingerprint density at radius 2 is 2.06 bits per heavy atom. The summed E-state index contributed by atoms with van der Waals surface area (Å²) < 4.78 is 39.1. The van der Waals surface area contributed by atoms with Crippen molar-refractivity contribution in [3.05, 3.63) is 42.1 Å². The highest BCUT2D eigenvalue weighted by atomic mass is 19.4. The number of nitrogens with zero attached hydrogens (tertiary/aromatic N) is 3. The summed E-state index contributed by atoms with van der Waals surface area (Å²) in [5.74, 6) is 0.908. The highest BCUT2D eigenvalue weighted by molar-refractivity contribution is 5.27. The van der Waals surface area contributed by atoms with E-state index in [1.54, 1.807) is 17.0 Å². The molecule has 2 heterocycles. The molecule has 17 heavy (non-hydrogen) atoms. The van der Waals surface area contributed by atoms with Crippen LogP contribution in [-0.4, -0.2) is 14.5 Å². The highest BCUT2D eigenvalue weighted by Crippen LogP contribution is 2.28. The number of hydrogen-bond acceptors (Lipinski definition) is 2. The highest BCUT2D eigenvalue weighted by Gasteiger charge is 2.32. The molecule has 0 aromatic carbocycles. The van der Waals surface area contributed by atoms with E-state index >= 15 is 0 Å². The summed E-state index contributed by atoms with van der Waals surface area (Å²) in [7, 11) is 0. The molecule has 0 N–H and O–H groups in total. The van der Waals surface area contributed by atoms with Crippen molar-refractivity contribution in [1.29, 1.82) is 0 Å². The van der Waals surface area contributed by atoms with Crippen LogP contribution in [-0.2, 0) is 12.6 Å². The first-order valence-corrected chi connectivity index (χ1v) is 5.09. The molecule has 6 heteroatoms. The van der Waals surface area contributed by atoms with Crippen LogP contribution in [0.1, 0.15) is 18.4 Å². The SMILES string of the molecule is CCc1nccn1-c1cccc(C(F)(F)F)n1. The zero-order valence-electron chi connectivity index (χ0n) is 9.07. The number of aryl methyl sites for hydroxylation is 1. The third-order valence-electron chi connectivity index (χ3n) is 2.31. The van der Waals surface area contributed by atoms with Crippen molar-refractivity contribution in [1.82, 2.24) is 14.5 Å². The molecular weight excluding hydrogens is 231 g/mol. The maximum absolute atomic E-state index is 12.5. The van der Waals surface area contributed by atoms with Crippen molar-refractivity contribution in [3.8, 4) is 5.82 Å². The average molecular weight is 241 g/mol. The fraction of sp³-hybridized carbons (Fsp3) is 0.273. The van der Waals surface area contributed by atoms with E-state index < -0.39 is 11.9 Å². The number of halogens is 3. The van der Waals surface area contributed by atoms with E-state index in [4.69, 9.17) is 0 Å². The minimum atomic E-state index is -4.43. The van der Waals surface area contributed by atoms with Crippen LogP contribution < -0.4 is 0 Å². The van der Waals surface area contributed by atoms with E-state index in [1.165, 1.54) is 12.1 Å². The van der Waals surface area contributed by atoms with Gasteiger partial charge in [-0.25, -0.2) is 9.97 Å². The van der Waals surface area contributed by atoms with Gasteiger partial charge < -0.3 is 0 Å². The van der Waals surface area contributed by atoms with Crippen molar-refractivity contribution < 1.29 is 13.2 Å². The molecule has 0 amide bonds. The standard InChI is InChI=1S/C11H10F3N3/c1-2-9-15-6-7-17(9)10-5-3-4-8(16-10)11(12,13)14/h3-7H,2H2,1H3. The van der Waals surface area contributed by atoms with E-state index in [9.17, 15) is 13.2 Å². The van der Waals surface area contributed by atoms with Crippen molar-refractivity contribution in [2.75, 3.05) is 0 Å². The van der Waals surface area contributed by atoms with E-state index in [0.29, 0.717) is 12.2 Å². The van der Waals surface area contributed by atoms with Gasteiger partial charge in [-0.15, -0.1) is 0 Å². The van der Waals surface area contributed by atoms with Crippen LogP contribution in [0.4, 0.5) is 13.2 Å². The fourth-order valence-corrected chi connectivity index (χ4v) is 1.52. The summed E-state index contributed by atoms with van der Waals surface area (Å²) >= 11 is 0. The van der Waals surface area contributed by atoms with Gasteiger partial charge in [0, 0.05) is 18.8 Å². The number of rotatable bonds is 2. The van der Waals surface area contributed by atoms with Crippen LogP contribution in [0.2, 0.25) is 0 Å². The fourth-order valence-electron chi connectivity index (χ4n) is 1.52. The van der Waals surface area contributed by atoms with Gasteiger partial charge in [0.25, 0.3) is 0 Å². The molecule has 0 radical (unpaired) electrons. The van der Waals surface area contributed by atoms with Crippen LogP contribution in [0.15, 0.2) is 30.6 Å². The number of alkyl halides is 3. The predicted molar refractivity (Wildman–Crippen MR) is 55.7 cm³/mol. The van der Waals surface area contributed by atoms with Gasteiger partial charge >= 0.3 is 6.18 Å². The Hall–Kier alpha value is -1.85. The lowest BCUT2D eigenvalue weighted by molar-refractivity contribution is -0.141. The zero-order chi connectivity index (χ0) is 12.5. The molecule has 3 nitrogen and oxygen atoms in total. The van der Waals surface area contributed by atoms with E-state index in [-0.39, 0.29) is 5.82 Å². The molecule has 0 bridgehead atoms. The Kier molecular flexibility index (Phi) is 2.87. The molecule has 0 fully saturated rings. The molecular formula is C11H10F3N3. The summed E-state index contributed by atoms with van der Waals surface area (Å²) in [6.07, 6.45) is -0.657. The molecule has 2 rings (SSSR count). The van der Waals surface area contributed by atoms with Gasteiger partial charge in [0.15, 0.2) is 0 Å². The largest absolute Gasteiger partial charge is 0.433 e. The maximum Gasteiger partial charge on any atom is 0.433 e. The normalized spacial score (nSPS) is 11.8. The molecule has 0 saturated carbocycles. The predicted octanol–water partition coefficient (Wildman–Crippen LogP) is 2.85. The smallest absolute Gasteiger partial charge is 0.288 e. The maximum atomic E-state index is 12.5. The lowest BCUT2D eigenvalue weighted by atomic mass is 10.3. The minimum Gasteiger partial charge on any atom is -0.288 e. The van der Waals surface area contributed by atoms with E-state index in [0.717, 1.165) is 6.07 Å². The summed E-state index contributed by atoms with van der Waals surface area (Å²) in [5, 5.41) is 0. The molecule has 2 aromatic rings. The third kappa shape index (κ3) is 2.30. The second-order valence-corrected chi connectivity index (χ2v) is 3.45. The van der Waals surface area contributed by atoms with Crippen LogP contribution in [0, 0.1) is 0 Å². The molecule has 0 aliphatic carbocycles. The Morgan fingerprint density at radius 3 is 2.71 bits per heavy atom. The lowest BCUT2D eigenvalue weighted by Gasteiger charge is -2.09. The number of pyridine rings is 1. The second kappa shape index (κ2) is 4.20. The lowest BCUT2D eigenvalue weighted by Crippen LogP contribution is -2.10. The molecule has 0 saturated heterocycles. The first-order chi connectivity index (χ1) is 8.02. The molecule has 0 spiro atoms. The van der Waals surface area contributed by atoms with Gasteiger partial charge in [0.1, 0.15) is 17.3 Å². The van der Waals surface area contributed by atoms with E-state index in [2.05, 4.69) is 9.97 Å². The van der Waals surface area contributed by atoms with Gasteiger partial charge in [-0.3, -0.25) is 4.57 Å².